The first-order valence-electron chi connectivity index (χ1n) is 2.89. The predicted octanol–water partition coefficient (Wildman–Crippen LogP) is 1.16. The van der Waals surface area contributed by atoms with E-state index in [2.05, 4.69) is 9.98 Å². The zero-order valence-electron chi connectivity index (χ0n) is 5.96. The van der Waals surface area contributed by atoms with Crippen molar-refractivity contribution in [2.45, 2.75) is 6.92 Å². The van der Waals surface area contributed by atoms with Crippen molar-refractivity contribution in [1.82, 2.24) is 4.98 Å². The molecule has 0 fully saturated rings. The van der Waals surface area contributed by atoms with E-state index >= 15 is 0 Å². The zero-order chi connectivity index (χ0) is 7.56. The van der Waals surface area contributed by atoms with Crippen LogP contribution in [0.1, 0.15) is 12.6 Å². The molecule has 0 bridgehead atoms. The van der Waals surface area contributed by atoms with Gasteiger partial charge in [-0.25, -0.2) is 4.98 Å². The van der Waals surface area contributed by atoms with Crippen LogP contribution in [0.3, 0.4) is 0 Å². The Labute approximate surface area is 63.6 Å². The maximum atomic E-state index is 5.42. The third kappa shape index (κ3) is 1.33. The second kappa shape index (κ2) is 2.79. The minimum Gasteiger partial charge on any atom is -0.375 e. The molecule has 0 atom stereocenters. The molecule has 0 saturated heterocycles. The largest absolute Gasteiger partial charge is 0.375 e. The summed E-state index contributed by atoms with van der Waals surface area (Å²) in [6, 6.07) is 0. The van der Waals surface area contributed by atoms with E-state index < -0.39 is 0 Å². The molecule has 0 amide bonds. The van der Waals surface area contributed by atoms with Crippen molar-refractivity contribution in [1.29, 1.82) is 0 Å². The van der Waals surface area contributed by atoms with Crippen LogP contribution in [0.5, 0.6) is 0 Å². The summed E-state index contributed by atoms with van der Waals surface area (Å²) < 4.78 is 0. The van der Waals surface area contributed by atoms with E-state index in [4.69, 9.17) is 5.73 Å². The highest BCUT2D eigenvalue weighted by molar-refractivity contribution is 7.13. The van der Waals surface area contributed by atoms with Gasteiger partial charge in [0.15, 0.2) is 5.13 Å². The first kappa shape index (κ1) is 7.21. The van der Waals surface area contributed by atoms with Crippen molar-refractivity contribution in [3.8, 4) is 0 Å². The summed E-state index contributed by atoms with van der Waals surface area (Å²) >= 11 is 1.43. The van der Waals surface area contributed by atoms with Crippen molar-refractivity contribution in [3.05, 3.63) is 11.1 Å². The lowest BCUT2D eigenvalue weighted by atomic mass is 10.3. The number of anilines is 1. The Hall–Kier alpha value is -0.900. The predicted molar refractivity (Wildman–Crippen MR) is 44.7 cm³/mol. The fraction of sp³-hybridized carbons (Fsp3) is 0.333. The molecule has 0 aromatic carbocycles. The maximum Gasteiger partial charge on any atom is 0.180 e. The summed E-state index contributed by atoms with van der Waals surface area (Å²) in [7, 11) is 1.74. The van der Waals surface area contributed by atoms with E-state index in [1.54, 1.807) is 7.05 Å². The van der Waals surface area contributed by atoms with Gasteiger partial charge in [0.2, 0.25) is 0 Å². The highest BCUT2D eigenvalue weighted by Crippen LogP contribution is 2.11. The number of hydrogen-bond donors (Lipinski definition) is 1. The Morgan fingerprint density at radius 3 is 2.90 bits per heavy atom. The van der Waals surface area contributed by atoms with Crippen LogP contribution < -0.4 is 5.73 Å². The van der Waals surface area contributed by atoms with Gasteiger partial charge in [-0.15, -0.1) is 11.3 Å². The SMILES string of the molecule is C/N=C(\C)c1csc(N)n1. The van der Waals surface area contributed by atoms with E-state index in [1.807, 2.05) is 12.3 Å². The molecule has 3 nitrogen and oxygen atoms in total. The van der Waals surface area contributed by atoms with Gasteiger partial charge in [0.1, 0.15) is 0 Å². The van der Waals surface area contributed by atoms with Gasteiger partial charge in [-0.2, -0.15) is 0 Å². The van der Waals surface area contributed by atoms with Gasteiger partial charge in [-0.05, 0) is 6.92 Å². The Balaban J connectivity index is 2.95. The molecule has 10 heavy (non-hydrogen) atoms. The minimum atomic E-state index is 0.595. The minimum absolute atomic E-state index is 0.595. The average molecular weight is 155 g/mol. The third-order valence-electron chi connectivity index (χ3n) is 1.23. The summed E-state index contributed by atoms with van der Waals surface area (Å²) in [6.45, 7) is 1.91. The molecular formula is C6H9N3S. The molecule has 0 aliphatic carbocycles. The fourth-order valence-corrected chi connectivity index (χ4v) is 1.18. The highest BCUT2D eigenvalue weighted by atomic mass is 32.1. The summed E-state index contributed by atoms with van der Waals surface area (Å²) in [4.78, 5) is 8.02. The van der Waals surface area contributed by atoms with Gasteiger partial charge in [0, 0.05) is 12.4 Å². The molecule has 1 aromatic heterocycles. The van der Waals surface area contributed by atoms with Gasteiger partial charge < -0.3 is 5.73 Å². The quantitative estimate of drug-likeness (QED) is 0.619. The van der Waals surface area contributed by atoms with Crippen molar-refractivity contribution in [2.24, 2.45) is 4.99 Å². The first-order valence-corrected chi connectivity index (χ1v) is 3.76. The number of nitrogen functional groups attached to an aromatic ring is 1. The van der Waals surface area contributed by atoms with Crippen molar-refractivity contribution in [2.75, 3.05) is 12.8 Å². The number of aliphatic imine (C=N–C) groups is 1. The molecule has 0 unspecified atom stereocenters. The van der Waals surface area contributed by atoms with Crippen molar-refractivity contribution in [3.63, 3.8) is 0 Å². The van der Waals surface area contributed by atoms with Gasteiger partial charge in [0.25, 0.3) is 0 Å². The summed E-state index contributed by atoms with van der Waals surface area (Å²) in [5, 5.41) is 2.50. The Bertz CT molecular complexity index is 251. The Kier molecular flexibility index (Phi) is 2.01. The lowest BCUT2D eigenvalue weighted by molar-refractivity contribution is 1.33. The van der Waals surface area contributed by atoms with Crippen LogP contribution in [0, 0.1) is 0 Å². The van der Waals surface area contributed by atoms with Crippen LogP contribution in [-0.4, -0.2) is 17.7 Å². The van der Waals surface area contributed by atoms with Crippen LogP contribution in [0.4, 0.5) is 5.13 Å². The molecule has 0 aliphatic rings. The van der Waals surface area contributed by atoms with E-state index in [9.17, 15) is 0 Å². The third-order valence-corrected chi connectivity index (χ3v) is 1.90. The molecule has 0 saturated carbocycles. The Morgan fingerprint density at radius 2 is 2.50 bits per heavy atom. The lowest BCUT2D eigenvalue weighted by Gasteiger charge is -1.88. The molecule has 1 heterocycles. The van der Waals surface area contributed by atoms with Crippen LogP contribution >= 0.6 is 11.3 Å². The number of nitrogens with zero attached hydrogens (tertiary/aromatic N) is 2. The lowest BCUT2D eigenvalue weighted by Crippen LogP contribution is -1.94. The molecule has 54 valence electrons. The van der Waals surface area contributed by atoms with Crippen molar-refractivity contribution >= 4 is 22.2 Å². The molecule has 1 aromatic rings. The molecule has 4 heteroatoms. The number of nitrogens with two attached hydrogens (primary N) is 1. The van der Waals surface area contributed by atoms with Gasteiger partial charge in [0.05, 0.1) is 11.4 Å². The first-order chi connectivity index (χ1) is 4.74. The van der Waals surface area contributed by atoms with Gasteiger partial charge in [-0.3, -0.25) is 4.99 Å². The molecule has 0 aliphatic heterocycles. The van der Waals surface area contributed by atoms with Crippen LogP contribution in [0.2, 0.25) is 0 Å². The monoisotopic (exact) mass is 155 g/mol. The number of aromatic nitrogens is 1. The summed E-state index contributed by atoms with van der Waals surface area (Å²) in [6.07, 6.45) is 0. The number of rotatable bonds is 1. The fourth-order valence-electron chi connectivity index (χ4n) is 0.568. The van der Waals surface area contributed by atoms with E-state index in [0.29, 0.717) is 5.13 Å². The summed E-state index contributed by atoms with van der Waals surface area (Å²) in [5.41, 5.74) is 7.23. The normalized spacial score (nSPS) is 12.0. The van der Waals surface area contributed by atoms with Crippen LogP contribution in [0.15, 0.2) is 10.4 Å². The average Bonchev–Trinajstić information content (AvgIpc) is 2.34. The van der Waals surface area contributed by atoms with E-state index in [1.165, 1.54) is 11.3 Å². The number of thiazole rings is 1. The second-order valence-electron chi connectivity index (χ2n) is 1.88. The van der Waals surface area contributed by atoms with Crippen molar-refractivity contribution < 1.29 is 0 Å². The summed E-state index contributed by atoms with van der Waals surface area (Å²) in [5.74, 6) is 0. The molecule has 0 radical (unpaired) electrons. The van der Waals surface area contributed by atoms with Crippen LogP contribution in [0.25, 0.3) is 0 Å². The maximum absolute atomic E-state index is 5.42. The number of hydrogen-bond acceptors (Lipinski definition) is 4. The standard InChI is InChI=1S/C6H9N3S/c1-4(8-2)5-3-10-6(7)9-5/h3H,1-2H3,(H2,7,9)/b8-4+. The van der Waals surface area contributed by atoms with Crippen LogP contribution in [-0.2, 0) is 0 Å². The molecule has 1 rings (SSSR count). The van der Waals surface area contributed by atoms with E-state index in [-0.39, 0.29) is 0 Å². The van der Waals surface area contributed by atoms with Gasteiger partial charge in [-0.1, -0.05) is 0 Å². The molecule has 0 spiro atoms. The smallest absolute Gasteiger partial charge is 0.180 e. The molecular weight excluding hydrogens is 146 g/mol. The Morgan fingerprint density at radius 1 is 1.80 bits per heavy atom. The topological polar surface area (TPSA) is 51.3 Å². The van der Waals surface area contributed by atoms with E-state index in [0.717, 1.165) is 11.4 Å². The zero-order valence-corrected chi connectivity index (χ0v) is 6.77. The second-order valence-corrected chi connectivity index (χ2v) is 2.77. The highest BCUT2D eigenvalue weighted by Gasteiger charge is 1.99. The van der Waals surface area contributed by atoms with Gasteiger partial charge >= 0.3 is 0 Å². The molecule has 2 N–H and O–H groups in total.